The minimum atomic E-state index is 0.705. The van der Waals surface area contributed by atoms with Crippen LogP contribution in [0.25, 0.3) is 16.9 Å². The molecule has 0 aromatic carbocycles. The van der Waals surface area contributed by atoms with Crippen LogP contribution in [-0.2, 0) is 6.42 Å². The summed E-state index contributed by atoms with van der Waals surface area (Å²) in [7, 11) is 0. The third kappa shape index (κ3) is 3.30. The Morgan fingerprint density at radius 2 is 2.12 bits per heavy atom. The standard InChI is InChI=1S/C19H21ClN4/c20-17-3-4-19-23-12-18(24(19)13-17)16-9-15(10-22-11-16)8-14-2-1-6-21-7-5-14/h3-4,9-14,21H,1-2,5-8H2. The zero-order valence-corrected chi connectivity index (χ0v) is 14.3. The fraction of sp³-hybridized carbons (Fsp3) is 0.368. The van der Waals surface area contributed by atoms with Crippen molar-refractivity contribution < 1.29 is 0 Å². The summed E-state index contributed by atoms with van der Waals surface area (Å²) < 4.78 is 2.03. The summed E-state index contributed by atoms with van der Waals surface area (Å²) >= 11 is 6.14. The van der Waals surface area contributed by atoms with E-state index in [1.165, 1.54) is 24.8 Å². The molecule has 4 heterocycles. The maximum Gasteiger partial charge on any atom is 0.137 e. The van der Waals surface area contributed by atoms with E-state index in [9.17, 15) is 0 Å². The molecule has 3 aromatic heterocycles. The maximum atomic E-state index is 6.14. The van der Waals surface area contributed by atoms with Gasteiger partial charge in [0.15, 0.2) is 0 Å². The summed E-state index contributed by atoms with van der Waals surface area (Å²) in [5.74, 6) is 0.744. The van der Waals surface area contributed by atoms with Crippen molar-refractivity contribution in [2.24, 2.45) is 5.92 Å². The first-order valence-corrected chi connectivity index (χ1v) is 8.95. The van der Waals surface area contributed by atoms with E-state index in [-0.39, 0.29) is 0 Å². The van der Waals surface area contributed by atoms with Crippen molar-refractivity contribution in [2.75, 3.05) is 13.1 Å². The largest absolute Gasteiger partial charge is 0.317 e. The Labute approximate surface area is 146 Å². The number of nitrogens with zero attached hydrogens (tertiary/aromatic N) is 3. The first-order valence-electron chi connectivity index (χ1n) is 8.57. The Hall–Kier alpha value is -1.91. The maximum absolute atomic E-state index is 6.14. The lowest BCUT2D eigenvalue weighted by Gasteiger charge is -2.14. The van der Waals surface area contributed by atoms with E-state index in [0.717, 1.165) is 42.3 Å². The highest BCUT2D eigenvalue weighted by Crippen LogP contribution is 2.25. The molecular formula is C19H21ClN4. The van der Waals surface area contributed by atoms with Gasteiger partial charge >= 0.3 is 0 Å². The first-order chi connectivity index (χ1) is 11.8. The summed E-state index contributed by atoms with van der Waals surface area (Å²) in [6.07, 6.45) is 12.6. The fourth-order valence-electron chi connectivity index (χ4n) is 3.54. The number of hydrogen-bond acceptors (Lipinski definition) is 3. The van der Waals surface area contributed by atoms with Gasteiger partial charge in [-0.25, -0.2) is 4.98 Å². The highest BCUT2D eigenvalue weighted by atomic mass is 35.5. The van der Waals surface area contributed by atoms with Gasteiger partial charge in [-0.2, -0.15) is 0 Å². The van der Waals surface area contributed by atoms with E-state index in [2.05, 4.69) is 21.4 Å². The molecule has 1 aliphatic rings. The molecule has 1 N–H and O–H groups in total. The van der Waals surface area contributed by atoms with Gasteiger partial charge in [0.05, 0.1) is 16.9 Å². The second-order valence-electron chi connectivity index (χ2n) is 6.55. The van der Waals surface area contributed by atoms with Crippen LogP contribution in [0.5, 0.6) is 0 Å². The molecule has 24 heavy (non-hydrogen) atoms. The summed E-state index contributed by atoms with van der Waals surface area (Å²) in [4.78, 5) is 8.93. The van der Waals surface area contributed by atoms with Crippen molar-refractivity contribution in [3.63, 3.8) is 0 Å². The number of hydrogen-bond donors (Lipinski definition) is 1. The van der Waals surface area contributed by atoms with Gasteiger partial charge in [0, 0.05) is 24.2 Å². The van der Waals surface area contributed by atoms with E-state index in [0.29, 0.717) is 5.02 Å². The van der Waals surface area contributed by atoms with Crippen molar-refractivity contribution in [3.8, 4) is 11.3 Å². The van der Waals surface area contributed by atoms with E-state index in [1.807, 2.05) is 41.3 Å². The Kier molecular flexibility index (Phi) is 4.50. The topological polar surface area (TPSA) is 42.2 Å². The molecule has 4 nitrogen and oxygen atoms in total. The minimum absolute atomic E-state index is 0.705. The van der Waals surface area contributed by atoms with Gasteiger partial charge in [0.1, 0.15) is 5.65 Å². The van der Waals surface area contributed by atoms with Crippen LogP contribution in [0.4, 0.5) is 0 Å². The molecule has 5 heteroatoms. The monoisotopic (exact) mass is 340 g/mol. The van der Waals surface area contributed by atoms with Gasteiger partial charge in [-0.05, 0) is 68.5 Å². The lowest BCUT2D eigenvalue weighted by atomic mass is 9.93. The number of fused-ring (bicyclic) bond motifs is 1. The van der Waals surface area contributed by atoms with Crippen molar-refractivity contribution in [3.05, 3.63) is 53.6 Å². The van der Waals surface area contributed by atoms with Gasteiger partial charge < -0.3 is 5.32 Å². The molecule has 0 spiro atoms. The summed E-state index contributed by atoms with van der Waals surface area (Å²) in [6.45, 7) is 2.28. The Morgan fingerprint density at radius 3 is 3.08 bits per heavy atom. The molecule has 0 radical (unpaired) electrons. The van der Waals surface area contributed by atoms with Gasteiger partial charge in [-0.1, -0.05) is 11.6 Å². The predicted octanol–water partition coefficient (Wildman–Crippen LogP) is 3.98. The van der Waals surface area contributed by atoms with Crippen molar-refractivity contribution in [2.45, 2.75) is 25.7 Å². The van der Waals surface area contributed by atoms with Crippen LogP contribution >= 0.6 is 11.6 Å². The van der Waals surface area contributed by atoms with Gasteiger partial charge in [0.25, 0.3) is 0 Å². The Bertz CT molecular complexity index is 834. The molecule has 0 aliphatic carbocycles. The number of rotatable bonds is 3. The molecule has 0 bridgehead atoms. The second-order valence-corrected chi connectivity index (χ2v) is 6.99. The molecule has 1 saturated heterocycles. The van der Waals surface area contributed by atoms with Crippen LogP contribution in [0.2, 0.25) is 5.02 Å². The highest BCUT2D eigenvalue weighted by Gasteiger charge is 2.14. The summed E-state index contributed by atoms with van der Waals surface area (Å²) in [5, 5.41) is 4.19. The van der Waals surface area contributed by atoms with Crippen LogP contribution in [0.3, 0.4) is 0 Å². The highest BCUT2D eigenvalue weighted by molar-refractivity contribution is 6.30. The smallest absolute Gasteiger partial charge is 0.137 e. The molecule has 3 aromatic rings. The fourth-order valence-corrected chi connectivity index (χ4v) is 3.70. The lowest BCUT2D eigenvalue weighted by Crippen LogP contribution is -2.14. The number of aromatic nitrogens is 3. The minimum Gasteiger partial charge on any atom is -0.317 e. The average molecular weight is 341 g/mol. The molecule has 124 valence electrons. The van der Waals surface area contributed by atoms with Crippen LogP contribution in [-0.4, -0.2) is 27.5 Å². The molecule has 0 amide bonds. The molecule has 1 aliphatic heterocycles. The van der Waals surface area contributed by atoms with Crippen LogP contribution in [0.1, 0.15) is 24.8 Å². The summed E-state index contributed by atoms with van der Waals surface area (Å²) in [6, 6.07) is 6.04. The SMILES string of the molecule is Clc1ccc2ncc(-c3cncc(CC4CCCNCC4)c3)n2c1. The number of nitrogens with one attached hydrogen (secondary N) is 1. The van der Waals surface area contributed by atoms with Crippen molar-refractivity contribution >= 4 is 17.2 Å². The van der Waals surface area contributed by atoms with Gasteiger partial charge in [0.2, 0.25) is 0 Å². The molecule has 4 rings (SSSR count). The van der Waals surface area contributed by atoms with Crippen molar-refractivity contribution in [1.82, 2.24) is 19.7 Å². The zero-order chi connectivity index (χ0) is 16.4. The quantitative estimate of drug-likeness (QED) is 0.784. The number of halogens is 1. The van der Waals surface area contributed by atoms with E-state index in [4.69, 9.17) is 11.6 Å². The normalized spacial score (nSPS) is 18.6. The van der Waals surface area contributed by atoms with Gasteiger partial charge in [-0.15, -0.1) is 0 Å². The molecule has 1 unspecified atom stereocenters. The zero-order valence-electron chi connectivity index (χ0n) is 13.6. The Balaban J connectivity index is 1.62. The summed E-state index contributed by atoms with van der Waals surface area (Å²) in [5.41, 5.74) is 4.32. The number of imidazole rings is 1. The third-order valence-electron chi connectivity index (χ3n) is 4.78. The molecule has 0 saturated carbocycles. The van der Waals surface area contributed by atoms with Crippen LogP contribution < -0.4 is 5.32 Å². The lowest BCUT2D eigenvalue weighted by molar-refractivity contribution is 0.469. The Morgan fingerprint density at radius 1 is 1.17 bits per heavy atom. The van der Waals surface area contributed by atoms with Crippen molar-refractivity contribution in [1.29, 1.82) is 0 Å². The molecule has 1 fully saturated rings. The first kappa shape index (κ1) is 15.6. The van der Waals surface area contributed by atoms with E-state index in [1.54, 1.807) is 0 Å². The number of pyridine rings is 2. The van der Waals surface area contributed by atoms with Crippen LogP contribution in [0, 0.1) is 5.92 Å². The molecule has 1 atom stereocenters. The third-order valence-corrected chi connectivity index (χ3v) is 5.00. The van der Waals surface area contributed by atoms with E-state index < -0.39 is 0 Å². The average Bonchev–Trinajstić information content (AvgIpc) is 2.83. The van der Waals surface area contributed by atoms with Gasteiger partial charge in [-0.3, -0.25) is 9.38 Å². The predicted molar refractivity (Wildman–Crippen MR) is 97.3 cm³/mol. The second kappa shape index (κ2) is 6.91. The molecular weight excluding hydrogens is 320 g/mol. The van der Waals surface area contributed by atoms with E-state index >= 15 is 0 Å². The van der Waals surface area contributed by atoms with Crippen LogP contribution in [0.15, 0.2) is 43.0 Å².